The molecule has 0 spiro atoms. The Labute approximate surface area is 151 Å². The first-order valence-corrected chi connectivity index (χ1v) is 8.60. The maximum absolute atomic E-state index is 12.9. The van der Waals surface area contributed by atoms with Gasteiger partial charge in [-0.3, -0.25) is 9.59 Å². The second kappa shape index (κ2) is 8.58. The van der Waals surface area contributed by atoms with Gasteiger partial charge < -0.3 is 15.4 Å². The van der Waals surface area contributed by atoms with Crippen LogP contribution in [0.3, 0.4) is 0 Å². The van der Waals surface area contributed by atoms with Crippen LogP contribution in [0.15, 0.2) is 54.6 Å². The fraction of sp³-hybridized carbons (Fsp3) is 0.300. The van der Waals surface area contributed by atoms with E-state index >= 15 is 0 Å². The molecule has 2 aromatic carbocycles. The zero-order chi connectivity index (χ0) is 18.4. The molecule has 2 amide bonds. The number of ether oxygens (including phenoxy) is 1. The lowest BCUT2D eigenvalue weighted by atomic mass is 10.1. The minimum absolute atomic E-state index is 0.0852. The summed E-state index contributed by atoms with van der Waals surface area (Å²) in [6, 6.07) is 14.5. The van der Waals surface area contributed by atoms with E-state index in [-0.39, 0.29) is 29.7 Å². The fourth-order valence-electron chi connectivity index (χ4n) is 2.90. The van der Waals surface area contributed by atoms with Gasteiger partial charge in [-0.2, -0.15) is 0 Å². The lowest BCUT2D eigenvalue weighted by molar-refractivity contribution is 0.0843. The number of hydrogen-bond acceptors (Lipinski definition) is 3. The van der Waals surface area contributed by atoms with Crippen molar-refractivity contribution in [3.05, 3.63) is 71.5 Å². The molecule has 1 aliphatic rings. The molecular weight excluding hydrogens is 335 g/mol. The van der Waals surface area contributed by atoms with Gasteiger partial charge in [0, 0.05) is 30.1 Å². The molecule has 2 N–H and O–H groups in total. The highest BCUT2D eigenvalue weighted by Gasteiger charge is 2.26. The van der Waals surface area contributed by atoms with Gasteiger partial charge in [0.05, 0.1) is 12.7 Å². The van der Waals surface area contributed by atoms with Gasteiger partial charge in [-0.25, -0.2) is 4.39 Å². The molecule has 6 heteroatoms. The molecule has 0 saturated carbocycles. The Balaban J connectivity index is 1.39. The van der Waals surface area contributed by atoms with Crippen molar-refractivity contribution >= 4 is 11.8 Å². The Morgan fingerprint density at radius 3 is 2.23 bits per heavy atom. The molecule has 2 atom stereocenters. The predicted octanol–water partition coefficient (Wildman–Crippen LogP) is 2.39. The van der Waals surface area contributed by atoms with E-state index in [9.17, 15) is 14.0 Å². The molecular formula is C20H21FN2O3. The van der Waals surface area contributed by atoms with Gasteiger partial charge in [-0.15, -0.1) is 0 Å². The lowest BCUT2D eigenvalue weighted by Crippen LogP contribution is -2.32. The normalized spacial score (nSPS) is 19.1. The van der Waals surface area contributed by atoms with Crippen LogP contribution in [0, 0.1) is 11.7 Å². The van der Waals surface area contributed by atoms with E-state index < -0.39 is 0 Å². The van der Waals surface area contributed by atoms with Crippen LogP contribution >= 0.6 is 0 Å². The number of rotatable bonds is 6. The summed E-state index contributed by atoms with van der Waals surface area (Å²) in [5.74, 6) is -0.510. The molecule has 5 nitrogen and oxygen atoms in total. The monoisotopic (exact) mass is 356 g/mol. The summed E-state index contributed by atoms with van der Waals surface area (Å²) in [4.78, 5) is 24.1. The zero-order valence-corrected chi connectivity index (χ0v) is 14.3. The Hall–Kier alpha value is -2.73. The molecule has 0 radical (unpaired) electrons. The van der Waals surface area contributed by atoms with Crippen molar-refractivity contribution in [3.8, 4) is 0 Å². The summed E-state index contributed by atoms with van der Waals surface area (Å²) in [6.07, 6.45) is 0.678. The van der Waals surface area contributed by atoms with Gasteiger partial charge in [0.15, 0.2) is 0 Å². The van der Waals surface area contributed by atoms with Crippen LogP contribution in [0.1, 0.15) is 27.1 Å². The number of halogens is 1. The van der Waals surface area contributed by atoms with E-state index in [0.717, 1.165) is 6.42 Å². The highest BCUT2D eigenvalue weighted by atomic mass is 19.1. The molecule has 1 saturated heterocycles. The van der Waals surface area contributed by atoms with Crippen LogP contribution in [-0.2, 0) is 4.74 Å². The zero-order valence-electron chi connectivity index (χ0n) is 14.3. The Bertz CT molecular complexity index is 749. The molecule has 136 valence electrons. The van der Waals surface area contributed by atoms with E-state index in [4.69, 9.17) is 4.74 Å². The SMILES string of the molecule is O=C(NC[C@@H]1CO[C@H](CNC(=O)c2ccc(F)cc2)C1)c1ccccc1. The molecule has 2 aromatic rings. The van der Waals surface area contributed by atoms with Gasteiger partial charge in [0.25, 0.3) is 11.8 Å². The number of nitrogens with one attached hydrogen (secondary N) is 2. The summed E-state index contributed by atoms with van der Waals surface area (Å²) >= 11 is 0. The molecule has 0 aliphatic carbocycles. The van der Waals surface area contributed by atoms with E-state index in [0.29, 0.717) is 30.8 Å². The van der Waals surface area contributed by atoms with Crippen LogP contribution in [0.25, 0.3) is 0 Å². The number of hydrogen-bond donors (Lipinski definition) is 2. The average Bonchev–Trinajstić information content (AvgIpc) is 3.13. The van der Waals surface area contributed by atoms with E-state index in [1.807, 2.05) is 18.2 Å². The van der Waals surface area contributed by atoms with Crippen LogP contribution in [0.5, 0.6) is 0 Å². The van der Waals surface area contributed by atoms with Crippen molar-refractivity contribution in [1.29, 1.82) is 0 Å². The van der Waals surface area contributed by atoms with Crippen LogP contribution in [-0.4, -0.2) is 37.6 Å². The standard InChI is InChI=1S/C20H21FN2O3/c21-17-8-6-16(7-9-17)20(25)23-12-18-10-14(13-26-18)11-22-19(24)15-4-2-1-3-5-15/h1-9,14,18H,10-13H2,(H,22,24)(H,23,25)/t14-,18+/m1/s1. The van der Waals surface area contributed by atoms with Crippen molar-refractivity contribution in [3.63, 3.8) is 0 Å². The summed E-state index contributed by atoms with van der Waals surface area (Å²) in [5, 5.41) is 5.71. The third kappa shape index (κ3) is 4.89. The van der Waals surface area contributed by atoms with Crippen LogP contribution < -0.4 is 10.6 Å². The minimum atomic E-state index is -0.374. The number of carbonyl (C=O) groups excluding carboxylic acids is 2. The molecule has 0 unspecified atom stereocenters. The first kappa shape index (κ1) is 18.1. The summed E-state index contributed by atoms with van der Waals surface area (Å²) < 4.78 is 18.6. The molecule has 0 aromatic heterocycles. The molecule has 3 rings (SSSR count). The largest absolute Gasteiger partial charge is 0.376 e. The summed E-state index contributed by atoms with van der Waals surface area (Å²) in [6.45, 7) is 1.47. The quantitative estimate of drug-likeness (QED) is 0.835. The number of carbonyl (C=O) groups is 2. The second-order valence-corrected chi connectivity index (χ2v) is 6.35. The average molecular weight is 356 g/mol. The highest BCUT2D eigenvalue weighted by Crippen LogP contribution is 2.18. The first-order valence-electron chi connectivity index (χ1n) is 8.60. The van der Waals surface area contributed by atoms with Gasteiger partial charge in [-0.1, -0.05) is 18.2 Å². The second-order valence-electron chi connectivity index (χ2n) is 6.35. The van der Waals surface area contributed by atoms with Crippen molar-refractivity contribution < 1.29 is 18.7 Å². The van der Waals surface area contributed by atoms with E-state index in [1.54, 1.807) is 12.1 Å². The van der Waals surface area contributed by atoms with Crippen LogP contribution in [0.4, 0.5) is 4.39 Å². The number of amides is 2. The summed E-state index contributed by atoms with van der Waals surface area (Å²) in [5.41, 5.74) is 1.05. The van der Waals surface area contributed by atoms with Crippen molar-refractivity contribution in [2.24, 2.45) is 5.92 Å². The smallest absolute Gasteiger partial charge is 0.251 e. The third-order valence-electron chi connectivity index (χ3n) is 4.35. The maximum Gasteiger partial charge on any atom is 0.251 e. The number of benzene rings is 2. The Kier molecular flexibility index (Phi) is 5.96. The Morgan fingerprint density at radius 1 is 0.923 bits per heavy atom. The molecule has 1 heterocycles. The maximum atomic E-state index is 12.9. The third-order valence-corrected chi connectivity index (χ3v) is 4.35. The van der Waals surface area contributed by atoms with Crippen LogP contribution in [0.2, 0.25) is 0 Å². The molecule has 0 bridgehead atoms. The van der Waals surface area contributed by atoms with Crippen molar-refractivity contribution in [2.75, 3.05) is 19.7 Å². The molecule has 1 aliphatic heterocycles. The predicted molar refractivity (Wildman–Crippen MR) is 95.4 cm³/mol. The molecule has 26 heavy (non-hydrogen) atoms. The lowest BCUT2D eigenvalue weighted by Gasteiger charge is -2.12. The van der Waals surface area contributed by atoms with Crippen molar-refractivity contribution in [2.45, 2.75) is 12.5 Å². The van der Waals surface area contributed by atoms with Gasteiger partial charge in [0.2, 0.25) is 0 Å². The topological polar surface area (TPSA) is 67.4 Å². The van der Waals surface area contributed by atoms with Gasteiger partial charge >= 0.3 is 0 Å². The molecule has 1 fully saturated rings. The summed E-state index contributed by atoms with van der Waals surface area (Å²) in [7, 11) is 0. The van der Waals surface area contributed by atoms with E-state index in [2.05, 4.69) is 10.6 Å². The van der Waals surface area contributed by atoms with Crippen molar-refractivity contribution in [1.82, 2.24) is 10.6 Å². The first-order chi connectivity index (χ1) is 12.6. The fourth-order valence-corrected chi connectivity index (χ4v) is 2.90. The highest BCUT2D eigenvalue weighted by molar-refractivity contribution is 5.94. The van der Waals surface area contributed by atoms with Gasteiger partial charge in [0.1, 0.15) is 5.82 Å². The Morgan fingerprint density at radius 2 is 1.54 bits per heavy atom. The van der Waals surface area contributed by atoms with E-state index in [1.165, 1.54) is 24.3 Å². The van der Waals surface area contributed by atoms with Gasteiger partial charge in [-0.05, 0) is 42.8 Å². The minimum Gasteiger partial charge on any atom is -0.376 e.